The SMILES string of the molecule is c1cncc(CO[C@H]2CN([C@H]3CCOC3)[C@@H]3COC[C@H]23)c1. The Balaban J connectivity index is 1.41. The molecular formula is C16H22N2O3. The number of pyridine rings is 1. The fourth-order valence-electron chi connectivity index (χ4n) is 3.80. The Morgan fingerprint density at radius 1 is 1.29 bits per heavy atom. The summed E-state index contributed by atoms with van der Waals surface area (Å²) in [5.41, 5.74) is 1.13. The van der Waals surface area contributed by atoms with Crippen molar-refractivity contribution in [2.45, 2.75) is 31.2 Å². The lowest BCUT2D eigenvalue weighted by Crippen LogP contribution is -2.41. The van der Waals surface area contributed by atoms with E-state index in [0.29, 0.717) is 24.6 Å². The van der Waals surface area contributed by atoms with Gasteiger partial charge >= 0.3 is 0 Å². The average Bonchev–Trinajstić information content (AvgIpc) is 3.24. The van der Waals surface area contributed by atoms with Gasteiger partial charge in [-0.2, -0.15) is 0 Å². The van der Waals surface area contributed by atoms with Gasteiger partial charge in [-0.25, -0.2) is 0 Å². The summed E-state index contributed by atoms with van der Waals surface area (Å²) in [5, 5.41) is 0. The quantitative estimate of drug-likeness (QED) is 0.830. The molecule has 5 nitrogen and oxygen atoms in total. The van der Waals surface area contributed by atoms with Crippen molar-refractivity contribution in [2.24, 2.45) is 5.92 Å². The lowest BCUT2D eigenvalue weighted by Gasteiger charge is -2.27. The summed E-state index contributed by atoms with van der Waals surface area (Å²) < 4.78 is 17.4. The van der Waals surface area contributed by atoms with Crippen molar-refractivity contribution in [1.82, 2.24) is 9.88 Å². The molecule has 0 aromatic carbocycles. The molecule has 3 aliphatic heterocycles. The molecule has 4 atom stereocenters. The molecule has 3 saturated heterocycles. The molecule has 0 saturated carbocycles. The predicted octanol–water partition coefficient (Wildman–Crippen LogP) is 1.09. The van der Waals surface area contributed by atoms with Crippen LogP contribution in [0, 0.1) is 5.92 Å². The lowest BCUT2D eigenvalue weighted by atomic mass is 10.0. The van der Waals surface area contributed by atoms with E-state index in [0.717, 1.165) is 45.0 Å². The Labute approximate surface area is 125 Å². The Morgan fingerprint density at radius 2 is 2.29 bits per heavy atom. The average molecular weight is 290 g/mol. The van der Waals surface area contributed by atoms with Crippen molar-refractivity contribution >= 4 is 0 Å². The van der Waals surface area contributed by atoms with Gasteiger partial charge in [-0.05, 0) is 18.1 Å². The number of fused-ring (bicyclic) bond motifs is 1. The molecule has 0 unspecified atom stereocenters. The molecule has 0 spiro atoms. The molecular weight excluding hydrogens is 268 g/mol. The van der Waals surface area contributed by atoms with Gasteiger partial charge in [0.25, 0.3) is 0 Å². The highest BCUT2D eigenvalue weighted by Gasteiger charge is 2.48. The monoisotopic (exact) mass is 290 g/mol. The minimum absolute atomic E-state index is 0.262. The summed E-state index contributed by atoms with van der Waals surface area (Å²) in [7, 11) is 0. The molecule has 21 heavy (non-hydrogen) atoms. The zero-order chi connectivity index (χ0) is 14.1. The Bertz CT molecular complexity index is 464. The number of nitrogens with zero attached hydrogens (tertiary/aromatic N) is 2. The first kappa shape index (κ1) is 13.6. The first-order valence-electron chi connectivity index (χ1n) is 7.83. The second kappa shape index (κ2) is 6.01. The van der Waals surface area contributed by atoms with Gasteiger partial charge in [0.1, 0.15) is 0 Å². The summed E-state index contributed by atoms with van der Waals surface area (Å²) in [4.78, 5) is 6.71. The Hall–Kier alpha value is -1.01. The molecule has 0 amide bonds. The standard InChI is InChI=1S/C16H22N2O3/c1-2-12(6-17-4-1)8-21-16-7-18(13-3-5-19-9-13)15-11-20-10-14(15)16/h1-2,4,6,13-16H,3,5,7-11H2/t13-,14-,15+,16-/m0/s1. The highest BCUT2D eigenvalue weighted by Crippen LogP contribution is 2.35. The Kier molecular flexibility index (Phi) is 3.90. The zero-order valence-corrected chi connectivity index (χ0v) is 12.2. The van der Waals surface area contributed by atoms with Crippen LogP contribution in [0.3, 0.4) is 0 Å². The van der Waals surface area contributed by atoms with Crippen LogP contribution < -0.4 is 0 Å². The van der Waals surface area contributed by atoms with Crippen LogP contribution >= 0.6 is 0 Å². The summed E-state index contributed by atoms with van der Waals surface area (Å²) in [6.07, 6.45) is 5.07. The van der Waals surface area contributed by atoms with E-state index in [4.69, 9.17) is 14.2 Å². The minimum Gasteiger partial charge on any atom is -0.380 e. The zero-order valence-electron chi connectivity index (χ0n) is 12.2. The Morgan fingerprint density at radius 3 is 3.10 bits per heavy atom. The largest absolute Gasteiger partial charge is 0.380 e. The highest BCUT2D eigenvalue weighted by atomic mass is 16.5. The molecule has 4 heterocycles. The predicted molar refractivity (Wildman–Crippen MR) is 76.8 cm³/mol. The summed E-state index contributed by atoms with van der Waals surface area (Å²) in [5.74, 6) is 0.502. The molecule has 1 aromatic heterocycles. The van der Waals surface area contributed by atoms with E-state index in [1.54, 1.807) is 6.20 Å². The van der Waals surface area contributed by atoms with Gasteiger partial charge in [0.2, 0.25) is 0 Å². The highest BCUT2D eigenvalue weighted by molar-refractivity contribution is 5.07. The summed E-state index contributed by atoms with van der Waals surface area (Å²) >= 11 is 0. The number of likely N-dealkylation sites (tertiary alicyclic amines) is 1. The van der Waals surface area contributed by atoms with Gasteiger partial charge in [-0.15, -0.1) is 0 Å². The first-order valence-corrected chi connectivity index (χ1v) is 7.83. The van der Waals surface area contributed by atoms with E-state index in [9.17, 15) is 0 Å². The number of aromatic nitrogens is 1. The van der Waals surface area contributed by atoms with Gasteiger partial charge < -0.3 is 14.2 Å². The van der Waals surface area contributed by atoms with E-state index < -0.39 is 0 Å². The number of hydrogen-bond donors (Lipinski definition) is 0. The van der Waals surface area contributed by atoms with Gasteiger partial charge in [0, 0.05) is 43.5 Å². The fraction of sp³-hybridized carbons (Fsp3) is 0.688. The van der Waals surface area contributed by atoms with Crippen LogP contribution in [0.1, 0.15) is 12.0 Å². The molecule has 114 valence electrons. The molecule has 0 aliphatic carbocycles. The third kappa shape index (κ3) is 2.71. The topological polar surface area (TPSA) is 43.8 Å². The molecule has 0 N–H and O–H groups in total. The second-order valence-corrected chi connectivity index (χ2v) is 6.19. The number of ether oxygens (including phenoxy) is 3. The van der Waals surface area contributed by atoms with Gasteiger partial charge in [-0.1, -0.05) is 6.07 Å². The van der Waals surface area contributed by atoms with E-state index in [1.165, 1.54) is 0 Å². The van der Waals surface area contributed by atoms with Crippen molar-refractivity contribution < 1.29 is 14.2 Å². The minimum atomic E-state index is 0.262. The van der Waals surface area contributed by atoms with Crippen LogP contribution in [0.25, 0.3) is 0 Å². The molecule has 0 bridgehead atoms. The maximum absolute atomic E-state index is 6.19. The van der Waals surface area contributed by atoms with Crippen LogP contribution in [0.4, 0.5) is 0 Å². The second-order valence-electron chi connectivity index (χ2n) is 6.19. The van der Waals surface area contributed by atoms with E-state index in [1.807, 2.05) is 12.3 Å². The van der Waals surface area contributed by atoms with Crippen LogP contribution in [-0.4, -0.2) is 61.0 Å². The fourth-order valence-corrected chi connectivity index (χ4v) is 3.80. The first-order chi connectivity index (χ1) is 10.4. The normalized spacial score (nSPS) is 36.2. The molecule has 1 aromatic rings. The molecule has 3 fully saturated rings. The van der Waals surface area contributed by atoms with Crippen LogP contribution in [-0.2, 0) is 20.8 Å². The summed E-state index contributed by atoms with van der Waals surface area (Å²) in [6, 6.07) is 5.08. The van der Waals surface area contributed by atoms with Crippen LogP contribution in [0.2, 0.25) is 0 Å². The van der Waals surface area contributed by atoms with E-state index in [-0.39, 0.29) is 6.10 Å². The maximum atomic E-state index is 6.19. The molecule has 3 aliphatic rings. The van der Waals surface area contributed by atoms with Gasteiger partial charge in [0.05, 0.1) is 32.5 Å². The smallest absolute Gasteiger partial charge is 0.0772 e. The van der Waals surface area contributed by atoms with Gasteiger partial charge in [-0.3, -0.25) is 9.88 Å². The molecule has 5 heteroatoms. The van der Waals surface area contributed by atoms with Crippen LogP contribution in [0.15, 0.2) is 24.5 Å². The van der Waals surface area contributed by atoms with Crippen molar-refractivity contribution in [2.75, 3.05) is 33.0 Å². The van der Waals surface area contributed by atoms with Crippen LogP contribution in [0.5, 0.6) is 0 Å². The third-order valence-electron chi connectivity index (χ3n) is 4.95. The summed E-state index contributed by atoms with van der Waals surface area (Å²) in [6.45, 7) is 5.06. The third-order valence-corrected chi connectivity index (χ3v) is 4.95. The lowest BCUT2D eigenvalue weighted by molar-refractivity contribution is 0.00576. The van der Waals surface area contributed by atoms with Crippen molar-refractivity contribution in [3.8, 4) is 0 Å². The van der Waals surface area contributed by atoms with Crippen molar-refractivity contribution in [3.05, 3.63) is 30.1 Å². The molecule has 0 radical (unpaired) electrons. The van der Waals surface area contributed by atoms with Crippen molar-refractivity contribution in [1.29, 1.82) is 0 Å². The van der Waals surface area contributed by atoms with E-state index >= 15 is 0 Å². The van der Waals surface area contributed by atoms with E-state index in [2.05, 4.69) is 16.0 Å². The van der Waals surface area contributed by atoms with Crippen molar-refractivity contribution in [3.63, 3.8) is 0 Å². The number of rotatable bonds is 4. The number of hydrogen-bond acceptors (Lipinski definition) is 5. The maximum Gasteiger partial charge on any atom is 0.0772 e. The van der Waals surface area contributed by atoms with Gasteiger partial charge in [0.15, 0.2) is 0 Å². The molecule has 4 rings (SSSR count).